The zero-order chi connectivity index (χ0) is 22.3. The van der Waals surface area contributed by atoms with Crippen LogP contribution in [0.25, 0.3) is 5.57 Å². The predicted molar refractivity (Wildman–Crippen MR) is 120 cm³/mol. The fraction of sp³-hybridized carbons (Fsp3) is 0.125. The Kier molecular flexibility index (Phi) is 7.33. The second-order valence-corrected chi connectivity index (χ2v) is 6.40. The zero-order valence-corrected chi connectivity index (χ0v) is 18.3. The Hall–Kier alpha value is -3.29. The van der Waals surface area contributed by atoms with E-state index in [1.54, 1.807) is 72.8 Å². The highest BCUT2D eigenvalue weighted by atomic mass is 79.9. The first-order chi connectivity index (χ1) is 15.1. The lowest BCUT2D eigenvalue weighted by Gasteiger charge is -2.34. The molecule has 160 valence electrons. The molecule has 0 radical (unpaired) electrons. The molecule has 1 aliphatic heterocycles. The highest BCUT2D eigenvalue weighted by Gasteiger charge is 2.44. The SMILES string of the molecule is CBr.O=C(OCC(=CO)c1ccccc1)OC1(O)c2ccccc2Oc2ccccc21. The number of aliphatic hydroxyl groups is 2. The van der Waals surface area contributed by atoms with Crippen molar-refractivity contribution in [1.29, 1.82) is 0 Å². The molecule has 0 saturated heterocycles. The largest absolute Gasteiger partial charge is 0.515 e. The number of aliphatic hydroxyl groups excluding tert-OH is 1. The summed E-state index contributed by atoms with van der Waals surface area (Å²) in [5.41, 5.74) is 1.67. The van der Waals surface area contributed by atoms with E-state index in [2.05, 4.69) is 15.9 Å². The van der Waals surface area contributed by atoms with Crippen molar-refractivity contribution in [2.24, 2.45) is 0 Å². The lowest BCUT2D eigenvalue weighted by Crippen LogP contribution is -2.36. The van der Waals surface area contributed by atoms with Crippen molar-refractivity contribution in [1.82, 2.24) is 0 Å². The minimum atomic E-state index is -2.07. The molecule has 1 aliphatic rings. The number of alkyl halides is 1. The van der Waals surface area contributed by atoms with Gasteiger partial charge in [0.25, 0.3) is 5.79 Å². The topological polar surface area (TPSA) is 85.2 Å². The smallest absolute Gasteiger partial charge is 0.511 e. The van der Waals surface area contributed by atoms with E-state index in [0.717, 1.165) is 6.26 Å². The molecule has 3 aromatic rings. The van der Waals surface area contributed by atoms with E-state index in [1.807, 2.05) is 11.9 Å². The number of halogens is 1. The number of ether oxygens (including phenoxy) is 3. The summed E-state index contributed by atoms with van der Waals surface area (Å²) in [4.78, 5) is 12.4. The monoisotopic (exact) mass is 484 g/mol. The van der Waals surface area contributed by atoms with Gasteiger partial charge in [0.2, 0.25) is 0 Å². The molecule has 0 atom stereocenters. The van der Waals surface area contributed by atoms with Gasteiger partial charge >= 0.3 is 6.16 Å². The van der Waals surface area contributed by atoms with Crippen LogP contribution in [0.2, 0.25) is 0 Å². The Morgan fingerprint density at radius 2 is 1.45 bits per heavy atom. The third kappa shape index (κ3) is 4.73. The summed E-state index contributed by atoms with van der Waals surface area (Å²) in [6.45, 7) is -0.227. The molecule has 0 unspecified atom stereocenters. The Bertz CT molecular complexity index is 1020. The van der Waals surface area contributed by atoms with Gasteiger partial charge in [0, 0.05) is 5.57 Å². The van der Waals surface area contributed by atoms with E-state index in [4.69, 9.17) is 14.2 Å². The highest BCUT2D eigenvalue weighted by Crippen LogP contribution is 2.47. The third-order valence-corrected chi connectivity index (χ3v) is 4.60. The molecule has 1 heterocycles. The van der Waals surface area contributed by atoms with Gasteiger partial charge in [0.05, 0.1) is 17.4 Å². The minimum Gasteiger partial charge on any atom is -0.515 e. The van der Waals surface area contributed by atoms with Gasteiger partial charge in [-0.15, -0.1) is 0 Å². The van der Waals surface area contributed by atoms with Gasteiger partial charge in [-0.25, -0.2) is 4.79 Å². The second kappa shape index (κ2) is 10.1. The molecule has 4 rings (SSSR count). The standard InChI is InChI=1S/C23H18O6.CH3Br/c24-14-17(16-8-2-1-3-9-16)15-27-22(25)29-23(26)18-10-4-6-12-20(18)28-21-13-7-5-11-19(21)23;1-2/h1-14,24,26H,15H2;1H3. The summed E-state index contributed by atoms with van der Waals surface area (Å²) >= 11 is 2.94. The van der Waals surface area contributed by atoms with Crippen molar-refractivity contribution in [2.45, 2.75) is 5.79 Å². The van der Waals surface area contributed by atoms with Crippen molar-refractivity contribution >= 4 is 27.7 Å². The molecule has 0 bridgehead atoms. The molecule has 0 aromatic heterocycles. The number of rotatable bonds is 4. The van der Waals surface area contributed by atoms with Gasteiger partial charge in [0.15, 0.2) is 0 Å². The van der Waals surface area contributed by atoms with E-state index in [0.29, 0.717) is 22.6 Å². The third-order valence-electron chi connectivity index (χ3n) is 4.60. The Morgan fingerprint density at radius 3 is 2.00 bits per heavy atom. The summed E-state index contributed by atoms with van der Waals surface area (Å²) in [5, 5.41) is 20.8. The molecule has 0 saturated carbocycles. The maximum atomic E-state index is 12.4. The summed E-state index contributed by atoms with van der Waals surface area (Å²) in [5.74, 6) is 0.495. The van der Waals surface area contributed by atoms with E-state index in [9.17, 15) is 15.0 Å². The van der Waals surface area contributed by atoms with Gasteiger partial charge in [0.1, 0.15) is 18.1 Å². The Balaban J connectivity index is 0.00000132. The zero-order valence-electron chi connectivity index (χ0n) is 16.7. The maximum absolute atomic E-state index is 12.4. The molecule has 0 fully saturated rings. The van der Waals surface area contributed by atoms with Crippen molar-refractivity contribution in [3.63, 3.8) is 0 Å². The fourth-order valence-corrected chi connectivity index (χ4v) is 3.18. The van der Waals surface area contributed by atoms with Crippen LogP contribution in [0.4, 0.5) is 4.79 Å². The average Bonchev–Trinajstić information content (AvgIpc) is 2.82. The molecule has 2 N–H and O–H groups in total. The fourth-order valence-electron chi connectivity index (χ4n) is 3.18. The minimum absolute atomic E-state index is 0.227. The number of para-hydroxylation sites is 2. The van der Waals surface area contributed by atoms with Crippen LogP contribution in [0, 0.1) is 0 Å². The number of hydrogen-bond donors (Lipinski definition) is 2. The van der Waals surface area contributed by atoms with Gasteiger partial charge in [-0.2, -0.15) is 0 Å². The Labute approximate surface area is 188 Å². The van der Waals surface area contributed by atoms with Gasteiger partial charge in [-0.05, 0) is 35.7 Å². The van der Waals surface area contributed by atoms with Crippen LogP contribution in [0.5, 0.6) is 11.5 Å². The molecule has 7 heteroatoms. The van der Waals surface area contributed by atoms with Gasteiger partial charge < -0.3 is 24.4 Å². The van der Waals surface area contributed by atoms with E-state index in [-0.39, 0.29) is 17.7 Å². The molecule has 0 spiro atoms. The van der Waals surface area contributed by atoms with Gasteiger partial charge in [-0.1, -0.05) is 70.5 Å². The van der Waals surface area contributed by atoms with E-state index >= 15 is 0 Å². The molecular weight excluding hydrogens is 464 g/mol. The van der Waals surface area contributed by atoms with E-state index < -0.39 is 11.9 Å². The molecule has 3 aromatic carbocycles. The van der Waals surface area contributed by atoms with Crippen LogP contribution < -0.4 is 4.74 Å². The van der Waals surface area contributed by atoms with Crippen LogP contribution in [0.15, 0.2) is 85.1 Å². The number of hydrogen-bond acceptors (Lipinski definition) is 6. The van der Waals surface area contributed by atoms with Crippen LogP contribution in [-0.2, 0) is 15.3 Å². The quantitative estimate of drug-likeness (QED) is 0.212. The highest BCUT2D eigenvalue weighted by molar-refractivity contribution is 9.08. The summed E-state index contributed by atoms with van der Waals surface area (Å²) in [6, 6.07) is 22.5. The lowest BCUT2D eigenvalue weighted by atomic mass is 9.93. The van der Waals surface area contributed by atoms with Crippen molar-refractivity contribution in [3.05, 3.63) is 102 Å². The molecule has 31 heavy (non-hydrogen) atoms. The number of carbonyl (C=O) groups excluding carboxylic acids is 1. The Morgan fingerprint density at radius 1 is 0.935 bits per heavy atom. The number of benzene rings is 3. The van der Waals surface area contributed by atoms with Crippen LogP contribution in [0.1, 0.15) is 16.7 Å². The van der Waals surface area contributed by atoms with Gasteiger partial charge in [-0.3, -0.25) is 0 Å². The van der Waals surface area contributed by atoms with Crippen LogP contribution in [0.3, 0.4) is 0 Å². The summed E-state index contributed by atoms with van der Waals surface area (Å²) in [7, 11) is 0. The first kappa shape index (κ1) is 22.4. The summed E-state index contributed by atoms with van der Waals surface area (Å²) in [6.07, 6.45) is -0.217. The lowest BCUT2D eigenvalue weighted by molar-refractivity contribution is -0.156. The predicted octanol–water partition coefficient (Wildman–Crippen LogP) is 5.75. The van der Waals surface area contributed by atoms with Crippen molar-refractivity contribution in [3.8, 4) is 11.5 Å². The maximum Gasteiger partial charge on any atom is 0.511 e. The first-order valence-corrected chi connectivity index (χ1v) is 10.9. The van der Waals surface area contributed by atoms with Crippen LogP contribution in [-0.4, -0.2) is 28.8 Å². The number of carbonyl (C=O) groups is 1. The number of fused-ring (bicyclic) bond motifs is 2. The molecule has 0 amide bonds. The normalized spacial score (nSPS) is 13.5. The summed E-state index contributed by atoms with van der Waals surface area (Å²) < 4.78 is 16.3. The molecule has 0 aliphatic carbocycles. The van der Waals surface area contributed by atoms with E-state index in [1.165, 1.54) is 0 Å². The van der Waals surface area contributed by atoms with Crippen molar-refractivity contribution in [2.75, 3.05) is 12.4 Å². The second-order valence-electron chi connectivity index (χ2n) is 6.40. The average molecular weight is 485 g/mol. The first-order valence-electron chi connectivity index (χ1n) is 9.33. The van der Waals surface area contributed by atoms with Crippen LogP contribution >= 0.6 is 15.9 Å². The van der Waals surface area contributed by atoms with Crippen molar-refractivity contribution < 1.29 is 29.2 Å². The molecule has 6 nitrogen and oxygen atoms in total. The molecular formula is C24H21BrO6.